The molecule has 1 unspecified atom stereocenters. The lowest BCUT2D eigenvalue weighted by Crippen LogP contribution is -2.27. The minimum atomic E-state index is 0.322. The molecule has 3 rings (SSSR count). The zero-order chi connectivity index (χ0) is 11.2. The van der Waals surface area contributed by atoms with Gasteiger partial charge < -0.3 is 9.73 Å². The molecular weight excluding hydrogens is 266 g/mol. The van der Waals surface area contributed by atoms with Crippen molar-refractivity contribution in [3.63, 3.8) is 0 Å². The van der Waals surface area contributed by atoms with E-state index in [1.807, 2.05) is 12.1 Å². The van der Waals surface area contributed by atoms with Crippen molar-refractivity contribution in [3.8, 4) is 0 Å². The summed E-state index contributed by atoms with van der Waals surface area (Å²) in [5, 5.41) is 3.62. The van der Waals surface area contributed by atoms with Gasteiger partial charge >= 0.3 is 0 Å². The van der Waals surface area contributed by atoms with Crippen LogP contribution in [0.25, 0.3) is 0 Å². The summed E-state index contributed by atoms with van der Waals surface area (Å²) in [5.41, 5.74) is 0.665. The van der Waals surface area contributed by atoms with Crippen LogP contribution >= 0.6 is 15.9 Å². The zero-order valence-corrected chi connectivity index (χ0v) is 11.2. The van der Waals surface area contributed by atoms with Gasteiger partial charge in [0.2, 0.25) is 0 Å². The highest BCUT2D eigenvalue weighted by Gasteiger charge is 2.53. The summed E-state index contributed by atoms with van der Waals surface area (Å²) in [6, 6.07) is 4.32. The van der Waals surface area contributed by atoms with Crippen LogP contribution in [-0.2, 0) is 0 Å². The lowest BCUT2D eigenvalue weighted by atomic mass is 10.0. The summed E-state index contributed by atoms with van der Waals surface area (Å²) >= 11 is 3.34. The number of halogens is 1. The van der Waals surface area contributed by atoms with E-state index >= 15 is 0 Å². The molecule has 0 aliphatic heterocycles. The van der Waals surface area contributed by atoms with Crippen molar-refractivity contribution < 1.29 is 4.42 Å². The average Bonchev–Trinajstić information content (AvgIpc) is 3.14. The van der Waals surface area contributed by atoms with E-state index in [2.05, 4.69) is 28.2 Å². The molecule has 2 aliphatic rings. The van der Waals surface area contributed by atoms with E-state index in [1.54, 1.807) is 0 Å². The highest BCUT2D eigenvalue weighted by Crippen LogP contribution is 2.60. The number of nitrogens with one attached hydrogen (secondary N) is 1. The molecule has 2 fully saturated rings. The maximum Gasteiger partial charge on any atom is 0.169 e. The third-order valence-electron chi connectivity index (χ3n) is 4.12. The van der Waals surface area contributed by atoms with Crippen LogP contribution in [0, 0.1) is 11.3 Å². The van der Waals surface area contributed by atoms with Gasteiger partial charge in [-0.25, -0.2) is 0 Å². The first-order valence-electron chi connectivity index (χ1n) is 6.18. The van der Waals surface area contributed by atoms with Crippen LogP contribution in [0.2, 0.25) is 0 Å². The van der Waals surface area contributed by atoms with Crippen LogP contribution in [0.4, 0.5) is 0 Å². The van der Waals surface area contributed by atoms with Gasteiger partial charge in [0.05, 0.1) is 6.04 Å². The highest BCUT2D eigenvalue weighted by molar-refractivity contribution is 9.10. The summed E-state index contributed by atoms with van der Waals surface area (Å²) in [4.78, 5) is 0. The minimum Gasteiger partial charge on any atom is -0.453 e. The molecule has 1 atom stereocenters. The van der Waals surface area contributed by atoms with Crippen LogP contribution < -0.4 is 5.32 Å². The van der Waals surface area contributed by atoms with Gasteiger partial charge in [0.1, 0.15) is 5.76 Å². The summed E-state index contributed by atoms with van der Waals surface area (Å²) in [7, 11) is 0. The van der Waals surface area contributed by atoms with E-state index in [0.29, 0.717) is 11.5 Å². The van der Waals surface area contributed by atoms with Gasteiger partial charge in [0.15, 0.2) is 4.67 Å². The topological polar surface area (TPSA) is 25.2 Å². The Morgan fingerprint density at radius 1 is 1.50 bits per heavy atom. The molecule has 16 heavy (non-hydrogen) atoms. The van der Waals surface area contributed by atoms with Crippen LogP contribution in [0.15, 0.2) is 21.2 Å². The zero-order valence-electron chi connectivity index (χ0n) is 9.63. The quantitative estimate of drug-likeness (QED) is 0.887. The lowest BCUT2D eigenvalue weighted by molar-refractivity contribution is 0.352. The Bertz CT molecular complexity index is 379. The number of hydrogen-bond donors (Lipinski definition) is 1. The predicted octanol–water partition coefficient (Wildman–Crippen LogP) is 3.88. The second kappa shape index (κ2) is 3.88. The Morgan fingerprint density at radius 3 is 2.75 bits per heavy atom. The highest BCUT2D eigenvalue weighted by atomic mass is 79.9. The molecule has 0 aromatic carbocycles. The van der Waals surface area contributed by atoms with Gasteiger partial charge in [0.25, 0.3) is 0 Å². The van der Waals surface area contributed by atoms with Gasteiger partial charge in [-0.05, 0) is 72.0 Å². The fraction of sp³-hybridized carbons (Fsp3) is 0.692. The SMILES string of the molecule is CC(NCC1(C2CC2)CC1)c1ccc(Br)o1. The van der Waals surface area contributed by atoms with E-state index in [1.165, 1.54) is 25.7 Å². The smallest absolute Gasteiger partial charge is 0.169 e. The predicted molar refractivity (Wildman–Crippen MR) is 67.2 cm³/mol. The third kappa shape index (κ3) is 2.07. The molecule has 3 heteroatoms. The first kappa shape index (κ1) is 10.8. The Hall–Kier alpha value is -0.280. The molecule has 0 bridgehead atoms. The van der Waals surface area contributed by atoms with E-state index in [9.17, 15) is 0 Å². The fourth-order valence-corrected chi connectivity index (χ4v) is 2.92. The monoisotopic (exact) mass is 283 g/mol. The van der Waals surface area contributed by atoms with E-state index in [-0.39, 0.29) is 0 Å². The molecule has 0 amide bonds. The Balaban J connectivity index is 1.55. The van der Waals surface area contributed by atoms with Crippen molar-refractivity contribution in [2.24, 2.45) is 11.3 Å². The third-order valence-corrected chi connectivity index (χ3v) is 4.54. The fourth-order valence-electron chi connectivity index (χ4n) is 2.60. The summed E-state index contributed by atoms with van der Waals surface area (Å²) < 4.78 is 6.38. The second-order valence-electron chi connectivity index (χ2n) is 5.38. The molecule has 88 valence electrons. The van der Waals surface area contributed by atoms with Crippen molar-refractivity contribution in [1.29, 1.82) is 0 Å². The van der Waals surface area contributed by atoms with E-state index < -0.39 is 0 Å². The maximum absolute atomic E-state index is 5.56. The van der Waals surface area contributed by atoms with Gasteiger partial charge in [-0.1, -0.05) is 0 Å². The van der Waals surface area contributed by atoms with Gasteiger partial charge in [-0.3, -0.25) is 0 Å². The van der Waals surface area contributed by atoms with Crippen molar-refractivity contribution in [3.05, 3.63) is 22.6 Å². The molecule has 2 nitrogen and oxygen atoms in total. The first-order valence-corrected chi connectivity index (χ1v) is 6.97. The summed E-state index contributed by atoms with van der Waals surface area (Å²) in [5.74, 6) is 2.05. The molecule has 1 N–H and O–H groups in total. The molecule has 1 aromatic rings. The van der Waals surface area contributed by atoms with Crippen LogP contribution in [-0.4, -0.2) is 6.54 Å². The van der Waals surface area contributed by atoms with Crippen LogP contribution in [0.5, 0.6) is 0 Å². The first-order chi connectivity index (χ1) is 7.70. The minimum absolute atomic E-state index is 0.322. The number of rotatable bonds is 5. The standard InChI is InChI=1S/C13H18BrNO/c1-9(11-4-5-12(14)16-11)15-8-13(6-7-13)10-2-3-10/h4-5,9-10,15H,2-3,6-8H2,1H3. The van der Waals surface area contributed by atoms with Gasteiger partial charge in [0, 0.05) is 6.54 Å². The van der Waals surface area contributed by atoms with Crippen molar-refractivity contribution >= 4 is 15.9 Å². The lowest BCUT2D eigenvalue weighted by Gasteiger charge is -2.18. The average molecular weight is 284 g/mol. The maximum atomic E-state index is 5.56. The Labute approximate surface area is 105 Å². The molecule has 1 aromatic heterocycles. The Kier molecular flexibility index (Phi) is 2.63. The van der Waals surface area contributed by atoms with Crippen molar-refractivity contribution in [2.45, 2.75) is 38.6 Å². The normalized spacial score (nSPS) is 24.4. The van der Waals surface area contributed by atoms with Crippen molar-refractivity contribution in [1.82, 2.24) is 5.32 Å². The molecule has 0 radical (unpaired) electrons. The summed E-state index contributed by atoms with van der Waals surface area (Å²) in [6.07, 6.45) is 5.78. The number of furan rings is 1. The summed E-state index contributed by atoms with van der Waals surface area (Å²) in [6.45, 7) is 3.34. The molecular formula is C13H18BrNO. The van der Waals surface area contributed by atoms with E-state index in [4.69, 9.17) is 4.42 Å². The van der Waals surface area contributed by atoms with E-state index in [0.717, 1.165) is 22.9 Å². The number of hydrogen-bond acceptors (Lipinski definition) is 2. The molecule has 2 saturated carbocycles. The van der Waals surface area contributed by atoms with Crippen molar-refractivity contribution in [2.75, 3.05) is 6.54 Å². The van der Waals surface area contributed by atoms with Crippen LogP contribution in [0.3, 0.4) is 0 Å². The molecule has 0 saturated heterocycles. The molecule has 0 spiro atoms. The molecule has 2 aliphatic carbocycles. The van der Waals surface area contributed by atoms with Crippen LogP contribution in [0.1, 0.15) is 44.4 Å². The largest absolute Gasteiger partial charge is 0.453 e. The van der Waals surface area contributed by atoms with Gasteiger partial charge in [-0.15, -0.1) is 0 Å². The second-order valence-corrected chi connectivity index (χ2v) is 6.16. The van der Waals surface area contributed by atoms with Gasteiger partial charge in [-0.2, -0.15) is 0 Å². The molecule has 1 heterocycles. The Morgan fingerprint density at radius 2 is 2.25 bits per heavy atom.